The molecule has 0 saturated carbocycles. The summed E-state index contributed by atoms with van der Waals surface area (Å²) in [7, 11) is 0. The van der Waals surface area contributed by atoms with Crippen molar-refractivity contribution < 1.29 is 4.74 Å². The number of hydrogen-bond acceptors (Lipinski definition) is 4. The zero-order valence-electron chi connectivity index (χ0n) is 12.5. The number of aryl methyl sites for hydroxylation is 2. The van der Waals surface area contributed by atoms with Gasteiger partial charge in [-0.1, -0.05) is 6.92 Å². The van der Waals surface area contributed by atoms with Gasteiger partial charge >= 0.3 is 0 Å². The Balaban J connectivity index is 1.65. The molecule has 0 radical (unpaired) electrons. The summed E-state index contributed by atoms with van der Waals surface area (Å²) in [6.07, 6.45) is 2.74. The zero-order chi connectivity index (χ0) is 14.1. The number of rotatable bonds is 5. The van der Waals surface area contributed by atoms with Gasteiger partial charge in [0.05, 0.1) is 17.5 Å². The van der Waals surface area contributed by atoms with Crippen molar-refractivity contribution in [1.29, 1.82) is 0 Å². The Morgan fingerprint density at radius 1 is 1.50 bits per heavy atom. The molecule has 0 amide bonds. The summed E-state index contributed by atoms with van der Waals surface area (Å²) in [6, 6.07) is 0. The fourth-order valence-electron chi connectivity index (χ4n) is 3.13. The Kier molecular flexibility index (Phi) is 4.10. The highest BCUT2D eigenvalue weighted by molar-refractivity contribution is 7.15. The van der Waals surface area contributed by atoms with E-state index in [4.69, 9.17) is 4.74 Å². The van der Waals surface area contributed by atoms with Crippen molar-refractivity contribution >= 4 is 16.3 Å². The molecule has 0 aliphatic carbocycles. The fraction of sp³-hybridized carbons (Fsp3) is 0.667. The minimum Gasteiger partial charge on any atom is -0.378 e. The molecule has 0 spiro atoms. The average molecular weight is 293 g/mol. The molecule has 1 N–H and O–H groups in total. The van der Waals surface area contributed by atoms with Crippen LogP contribution >= 0.6 is 11.3 Å². The Morgan fingerprint density at radius 3 is 3.15 bits per heavy atom. The number of nitrogens with one attached hydrogen (secondary N) is 1. The number of aromatic nitrogens is 2. The van der Waals surface area contributed by atoms with Crippen LogP contribution < -0.4 is 5.32 Å². The second-order valence-corrected chi connectivity index (χ2v) is 6.47. The molecule has 1 fully saturated rings. The predicted molar refractivity (Wildman–Crippen MR) is 82.4 cm³/mol. The van der Waals surface area contributed by atoms with E-state index in [1.54, 1.807) is 11.3 Å². The summed E-state index contributed by atoms with van der Waals surface area (Å²) in [5.41, 5.74) is 3.71. The summed E-state index contributed by atoms with van der Waals surface area (Å²) in [6.45, 7) is 9.30. The Bertz CT molecular complexity index is 589. The number of ether oxygens (including phenoxy) is 1. The molecule has 20 heavy (non-hydrogen) atoms. The number of fused-ring (bicyclic) bond motifs is 1. The van der Waals surface area contributed by atoms with Gasteiger partial charge in [-0.3, -0.25) is 4.40 Å². The molecule has 0 aromatic carbocycles. The van der Waals surface area contributed by atoms with E-state index in [2.05, 4.69) is 40.9 Å². The van der Waals surface area contributed by atoms with E-state index in [1.165, 1.54) is 17.8 Å². The summed E-state index contributed by atoms with van der Waals surface area (Å²) in [4.78, 5) is 5.74. The normalized spacial score (nSPS) is 22.9. The van der Waals surface area contributed by atoms with Gasteiger partial charge in [0.15, 0.2) is 4.96 Å². The van der Waals surface area contributed by atoms with E-state index in [9.17, 15) is 0 Å². The van der Waals surface area contributed by atoms with Crippen LogP contribution in [0.3, 0.4) is 0 Å². The predicted octanol–water partition coefficient (Wildman–Crippen LogP) is 2.92. The molecule has 110 valence electrons. The average Bonchev–Trinajstić information content (AvgIpc) is 3.09. The summed E-state index contributed by atoms with van der Waals surface area (Å²) < 4.78 is 8.02. The van der Waals surface area contributed by atoms with Crippen LogP contribution in [0.15, 0.2) is 5.38 Å². The maximum Gasteiger partial charge on any atom is 0.194 e. The second-order valence-electron chi connectivity index (χ2n) is 5.64. The molecule has 0 bridgehead atoms. The molecule has 2 unspecified atom stereocenters. The number of hydrogen-bond donors (Lipinski definition) is 1. The van der Waals surface area contributed by atoms with Crippen LogP contribution in [0.1, 0.15) is 36.8 Å². The van der Waals surface area contributed by atoms with Crippen molar-refractivity contribution in [3.63, 3.8) is 0 Å². The summed E-state index contributed by atoms with van der Waals surface area (Å²) >= 11 is 1.72. The van der Waals surface area contributed by atoms with Crippen molar-refractivity contribution in [2.24, 2.45) is 5.92 Å². The Morgan fingerprint density at radius 2 is 2.35 bits per heavy atom. The molecule has 1 saturated heterocycles. The van der Waals surface area contributed by atoms with E-state index >= 15 is 0 Å². The second kappa shape index (κ2) is 5.84. The summed E-state index contributed by atoms with van der Waals surface area (Å²) in [5, 5.41) is 5.78. The molecule has 3 rings (SSSR count). The lowest BCUT2D eigenvalue weighted by atomic mass is 10.00. The topological polar surface area (TPSA) is 38.6 Å². The molecular formula is C15H23N3OS. The monoisotopic (exact) mass is 293 g/mol. The lowest BCUT2D eigenvalue weighted by Gasteiger charge is -2.17. The van der Waals surface area contributed by atoms with Crippen molar-refractivity contribution in [3.8, 4) is 0 Å². The molecule has 1 aliphatic heterocycles. The zero-order valence-corrected chi connectivity index (χ0v) is 13.3. The molecule has 5 heteroatoms. The number of imidazole rings is 1. The first-order valence-corrected chi connectivity index (χ1v) is 8.33. The van der Waals surface area contributed by atoms with E-state index in [-0.39, 0.29) is 0 Å². The molecule has 1 aliphatic rings. The van der Waals surface area contributed by atoms with Crippen molar-refractivity contribution in [2.75, 3.05) is 13.2 Å². The smallest absolute Gasteiger partial charge is 0.194 e. The Labute approximate surface area is 124 Å². The maximum atomic E-state index is 5.75. The van der Waals surface area contributed by atoms with Gasteiger partial charge in [-0.2, -0.15) is 0 Å². The van der Waals surface area contributed by atoms with Crippen LogP contribution in [0, 0.1) is 19.8 Å². The minimum absolute atomic E-state index is 0.442. The standard InChI is InChI=1S/C15H23N3OS/c1-4-14-12(5-6-19-14)7-16-8-13-11(3)17-15-18(13)10(2)9-20-15/h9,12,14,16H,4-8H2,1-3H3. The third kappa shape index (κ3) is 2.50. The van der Waals surface area contributed by atoms with Gasteiger partial charge in [0, 0.05) is 30.8 Å². The van der Waals surface area contributed by atoms with Crippen molar-refractivity contribution in [1.82, 2.24) is 14.7 Å². The number of thiazole rings is 1. The van der Waals surface area contributed by atoms with Gasteiger partial charge in [0.25, 0.3) is 0 Å². The van der Waals surface area contributed by atoms with Crippen molar-refractivity contribution in [2.45, 2.75) is 46.3 Å². The number of nitrogens with zero attached hydrogens (tertiary/aromatic N) is 2. The van der Waals surface area contributed by atoms with Gasteiger partial charge in [-0.05, 0) is 32.6 Å². The third-order valence-electron chi connectivity index (χ3n) is 4.28. The molecule has 2 aromatic heterocycles. The largest absolute Gasteiger partial charge is 0.378 e. The fourth-order valence-corrected chi connectivity index (χ4v) is 4.06. The highest BCUT2D eigenvalue weighted by atomic mass is 32.1. The van der Waals surface area contributed by atoms with E-state index < -0.39 is 0 Å². The van der Waals surface area contributed by atoms with Crippen LogP contribution in [0.2, 0.25) is 0 Å². The molecule has 2 atom stereocenters. The first kappa shape index (κ1) is 14.0. The maximum absolute atomic E-state index is 5.75. The van der Waals surface area contributed by atoms with Crippen LogP contribution in [0.4, 0.5) is 0 Å². The van der Waals surface area contributed by atoms with Crippen LogP contribution in [-0.2, 0) is 11.3 Å². The molecular weight excluding hydrogens is 270 g/mol. The van der Waals surface area contributed by atoms with Crippen molar-refractivity contribution in [3.05, 3.63) is 22.5 Å². The highest BCUT2D eigenvalue weighted by Crippen LogP contribution is 2.23. The first-order chi connectivity index (χ1) is 9.70. The van der Waals surface area contributed by atoms with Gasteiger partial charge in [0.1, 0.15) is 0 Å². The van der Waals surface area contributed by atoms with E-state index in [0.29, 0.717) is 12.0 Å². The van der Waals surface area contributed by atoms with E-state index in [1.807, 2.05) is 0 Å². The van der Waals surface area contributed by atoms with Gasteiger partial charge in [0.2, 0.25) is 0 Å². The van der Waals surface area contributed by atoms with Crippen LogP contribution in [0.25, 0.3) is 4.96 Å². The van der Waals surface area contributed by atoms with Gasteiger partial charge < -0.3 is 10.1 Å². The van der Waals surface area contributed by atoms with Gasteiger partial charge in [-0.15, -0.1) is 11.3 Å². The minimum atomic E-state index is 0.442. The Hall–Kier alpha value is -0.910. The highest BCUT2D eigenvalue weighted by Gasteiger charge is 2.26. The first-order valence-electron chi connectivity index (χ1n) is 7.45. The molecule has 3 heterocycles. The molecule has 4 nitrogen and oxygen atoms in total. The molecule has 2 aromatic rings. The van der Waals surface area contributed by atoms with E-state index in [0.717, 1.165) is 36.8 Å². The van der Waals surface area contributed by atoms with Crippen LogP contribution in [0.5, 0.6) is 0 Å². The lowest BCUT2D eigenvalue weighted by molar-refractivity contribution is 0.0872. The SMILES string of the molecule is CCC1OCCC1CNCc1c(C)nc2scc(C)n12. The quantitative estimate of drug-likeness (QED) is 0.921. The van der Waals surface area contributed by atoms with Crippen LogP contribution in [-0.4, -0.2) is 28.6 Å². The van der Waals surface area contributed by atoms with Gasteiger partial charge in [-0.25, -0.2) is 4.98 Å². The third-order valence-corrected chi connectivity index (χ3v) is 5.22. The summed E-state index contributed by atoms with van der Waals surface area (Å²) in [5.74, 6) is 0.660. The lowest BCUT2D eigenvalue weighted by Crippen LogP contribution is -2.28.